The Balaban J connectivity index is 2.52. The summed E-state index contributed by atoms with van der Waals surface area (Å²) in [7, 11) is 0. The molecule has 0 bridgehead atoms. The SMILES string of the molecule is CC(O)CCCNC(=O)c1n[nH]c(C(C)C)c1N. The van der Waals surface area contributed by atoms with E-state index < -0.39 is 0 Å². The molecule has 0 fully saturated rings. The van der Waals surface area contributed by atoms with E-state index in [1.807, 2.05) is 13.8 Å². The maximum Gasteiger partial charge on any atom is 0.273 e. The Labute approximate surface area is 107 Å². The molecule has 1 amide bonds. The van der Waals surface area contributed by atoms with E-state index in [-0.39, 0.29) is 23.6 Å². The number of rotatable bonds is 6. The van der Waals surface area contributed by atoms with Crippen molar-refractivity contribution >= 4 is 11.6 Å². The summed E-state index contributed by atoms with van der Waals surface area (Å²) in [6, 6.07) is 0. The Bertz CT molecular complexity index is 399. The molecule has 0 aliphatic heterocycles. The van der Waals surface area contributed by atoms with E-state index in [4.69, 9.17) is 10.8 Å². The predicted octanol–water partition coefficient (Wildman–Crippen LogP) is 1.01. The first-order chi connectivity index (χ1) is 8.43. The number of aliphatic hydroxyl groups is 1. The third-order valence-corrected chi connectivity index (χ3v) is 2.71. The van der Waals surface area contributed by atoms with Crippen LogP contribution in [0.1, 0.15) is 55.7 Å². The molecule has 1 aromatic rings. The second-order valence-corrected chi connectivity index (χ2v) is 4.80. The van der Waals surface area contributed by atoms with E-state index in [9.17, 15) is 4.79 Å². The van der Waals surface area contributed by atoms with Gasteiger partial charge in [-0.25, -0.2) is 0 Å². The quantitative estimate of drug-likeness (QED) is 0.568. The number of carbonyl (C=O) groups is 1. The van der Waals surface area contributed by atoms with Gasteiger partial charge >= 0.3 is 0 Å². The van der Waals surface area contributed by atoms with Crippen LogP contribution in [0.3, 0.4) is 0 Å². The van der Waals surface area contributed by atoms with Crippen LogP contribution in [-0.2, 0) is 0 Å². The molecule has 6 nitrogen and oxygen atoms in total. The van der Waals surface area contributed by atoms with Crippen LogP contribution in [0.25, 0.3) is 0 Å². The molecule has 6 heteroatoms. The van der Waals surface area contributed by atoms with Crippen LogP contribution in [-0.4, -0.2) is 33.9 Å². The Hall–Kier alpha value is -1.56. The minimum absolute atomic E-state index is 0.203. The molecule has 1 atom stereocenters. The van der Waals surface area contributed by atoms with E-state index >= 15 is 0 Å². The van der Waals surface area contributed by atoms with Gasteiger partial charge in [-0.15, -0.1) is 0 Å². The molecule has 0 saturated heterocycles. The summed E-state index contributed by atoms with van der Waals surface area (Å²) in [6.45, 7) is 6.19. The number of hydrogen-bond donors (Lipinski definition) is 4. The number of H-pyrrole nitrogens is 1. The summed E-state index contributed by atoms with van der Waals surface area (Å²) < 4.78 is 0. The topological polar surface area (TPSA) is 104 Å². The molecule has 18 heavy (non-hydrogen) atoms. The first kappa shape index (κ1) is 14.5. The van der Waals surface area contributed by atoms with Crippen LogP contribution in [0, 0.1) is 0 Å². The van der Waals surface area contributed by atoms with Crippen molar-refractivity contribution in [2.45, 2.75) is 45.6 Å². The minimum atomic E-state index is -0.343. The number of hydrogen-bond acceptors (Lipinski definition) is 4. The number of carbonyl (C=O) groups excluding carboxylic acids is 1. The van der Waals surface area contributed by atoms with Gasteiger partial charge in [0.15, 0.2) is 5.69 Å². The lowest BCUT2D eigenvalue weighted by atomic mass is 10.1. The molecule has 1 unspecified atom stereocenters. The maximum atomic E-state index is 11.8. The van der Waals surface area contributed by atoms with Gasteiger partial charge in [-0.2, -0.15) is 5.10 Å². The third-order valence-electron chi connectivity index (χ3n) is 2.71. The second kappa shape index (κ2) is 6.39. The Morgan fingerprint density at radius 1 is 1.50 bits per heavy atom. The molecular formula is C12H22N4O2. The van der Waals surface area contributed by atoms with Gasteiger partial charge in [0, 0.05) is 6.54 Å². The van der Waals surface area contributed by atoms with E-state index in [2.05, 4.69) is 15.5 Å². The first-order valence-electron chi connectivity index (χ1n) is 6.23. The molecule has 1 aromatic heterocycles. The molecule has 0 radical (unpaired) electrons. The Kier molecular flexibility index (Phi) is 5.15. The maximum absolute atomic E-state index is 11.8. The number of anilines is 1. The molecule has 1 rings (SSSR count). The normalized spacial score (nSPS) is 12.7. The fourth-order valence-electron chi connectivity index (χ4n) is 1.66. The molecule has 1 heterocycles. The summed E-state index contributed by atoms with van der Waals surface area (Å²) in [5.74, 6) is -0.0736. The third kappa shape index (κ3) is 3.73. The molecule has 0 spiro atoms. The standard InChI is InChI=1S/C12H22N4O2/c1-7(2)10-9(13)11(16-15-10)12(18)14-6-4-5-8(3)17/h7-8,17H,4-6,13H2,1-3H3,(H,14,18)(H,15,16). The second-order valence-electron chi connectivity index (χ2n) is 4.80. The lowest BCUT2D eigenvalue weighted by Gasteiger charge is -2.06. The lowest BCUT2D eigenvalue weighted by Crippen LogP contribution is -2.26. The van der Waals surface area contributed by atoms with Crippen molar-refractivity contribution in [3.05, 3.63) is 11.4 Å². The van der Waals surface area contributed by atoms with Crippen molar-refractivity contribution in [1.82, 2.24) is 15.5 Å². The van der Waals surface area contributed by atoms with E-state index in [0.717, 1.165) is 12.1 Å². The van der Waals surface area contributed by atoms with Crippen LogP contribution >= 0.6 is 0 Å². The first-order valence-corrected chi connectivity index (χ1v) is 6.23. The average Bonchev–Trinajstić information content (AvgIpc) is 2.66. The van der Waals surface area contributed by atoms with Crippen LogP contribution < -0.4 is 11.1 Å². The van der Waals surface area contributed by atoms with Gasteiger partial charge in [-0.05, 0) is 25.7 Å². The van der Waals surface area contributed by atoms with Crippen LogP contribution in [0.15, 0.2) is 0 Å². The number of nitrogens with two attached hydrogens (primary N) is 1. The minimum Gasteiger partial charge on any atom is -0.395 e. The largest absolute Gasteiger partial charge is 0.395 e. The highest BCUT2D eigenvalue weighted by molar-refractivity contribution is 5.97. The molecule has 0 saturated carbocycles. The number of aromatic amines is 1. The zero-order valence-electron chi connectivity index (χ0n) is 11.2. The summed E-state index contributed by atoms with van der Waals surface area (Å²) in [5.41, 5.74) is 7.31. The summed E-state index contributed by atoms with van der Waals surface area (Å²) in [5, 5.41) is 18.6. The number of nitrogen functional groups attached to an aromatic ring is 1. The Morgan fingerprint density at radius 3 is 2.67 bits per heavy atom. The molecule has 0 aliphatic carbocycles. The molecule has 0 aromatic carbocycles. The highest BCUT2D eigenvalue weighted by Crippen LogP contribution is 2.21. The zero-order valence-corrected chi connectivity index (χ0v) is 11.2. The van der Waals surface area contributed by atoms with Crippen molar-refractivity contribution < 1.29 is 9.90 Å². The highest BCUT2D eigenvalue weighted by atomic mass is 16.3. The number of aromatic nitrogens is 2. The van der Waals surface area contributed by atoms with Gasteiger partial charge < -0.3 is 16.2 Å². The van der Waals surface area contributed by atoms with Crippen molar-refractivity contribution in [3.63, 3.8) is 0 Å². The number of aliphatic hydroxyl groups excluding tert-OH is 1. The fraction of sp³-hybridized carbons (Fsp3) is 0.667. The van der Waals surface area contributed by atoms with Crippen LogP contribution in [0.5, 0.6) is 0 Å². The van der Waals surface area contributed by atoms with Gasteiger partial charge in [0.2, 0.25) is 0 Å². The van der Waals surface area contributed by atoms with Gasteiger partial charge in [0.1, 0.15) is 0 Å². The average molecular weight is 254 g/mol. The van der Waals surface area contributed by atoms with E-state index in [1.54, 1.807) is 6.92 Å². The van der Waals surface area contributed by atoms with Crippen molar-refractivity contribution in [3.8, 4) is 0 Å². The Morgan fingerprint density at radius 2 is 2.17 bits per heavy atom. The molecule has 102 valence electrons. The van der Waals surface area contributed by atoms with Gasteiger partial charge in [-0.3, -0.25) is 9.89 Å². The van der Waals surface area contributed by atoms with Crippen molar-refractivity contribution in [2.75, 3.05) is 12.3 Å². The van der Waals surface area contributed by atoms with Crippen molar-refractivity contribution in [1.29, 1.82) is 0 Å². The fourth-order valence-corrected chi connectivity index (χ4v) is 1.66. The van der Waals surface area contributed by atoms with Gasteiger partial charge in [0.05, 0.1) is 17.5 Å². The summed E-state index contributed by atoms with van der Waals surface area (Å²) in [6.07, 6.45) is 1.04. The lowest BCUT2D eigenvalue weighted by molar-refractivity contribution is 0.0945. The number of nitrogens with zero attached hydrogens (tertiary/aromatic N) is 1. The van der Waals surface area contributed by atoms with Gasteiger partial charge in [0.25, 0.3) is 5.91 Å². The molecule has 0 aliphatic rings. The van der Waals surface area contributed by atoms with Crippen LogP contribution in [0.2, 0.25) is 0 Å². The summed E-state index contributed by atoms with van der Waals surface area (Å²) >= 11 is 0. The van der Waals surface area contributed by atoms with Gasteiger partial charge in [-0.1, -0.05) is 13.8 Å². The zero-order chi connectivity index (χ0) is 13.7. The van der Waals surface area contributed by atoms with Crippen molar-refractivity contribution in [2.24, 2.45) is 0 Å². The monoisotopic (exact) mass is 254 g/mol. The van der Waals surface area contributed by atoms with Crippen LogP contribution in [0.4, 0.5) is 5.69 Å². The molecule has 5 N–H and O–H groups in total. The molecular weight excluding hydrogens is 232 g/mol. The number of amides is 1. The number of nitrogens with one attached hydrogen (secondary N) is 2. The van der Waals surface area contributed by atoms with E-state index in [1.165, 1.54) is 0 Å². The summed E-state index contributed by atoms with van der Waals surface area (Å²) in [4.78, 5) is 11.8. The highest BCUT2D eigenvalue weighted by Gasteiger charge is 2.18. The predicted molar refractivity (Wildman–Crippen MR) is 70.3 cm³/mol. The smallest absolute Gasteiger partial charge is 0.273 e. The van der Waals surface area contributed by atoms with E-state index in [0.29, 0.717) is 18.7 Å².